The number of halogens is 1. The minimum Gasteiger partial charge on any atom is -0.307 e. The summed E-state index contributed by atoms with van der Waals surface area (Å²) in [6.07, 6.45) is 3.56. The molecule has 23 heavy (non-hydrogen) atoms. The summed E-state index contributed by atoms with van der Waals surface area (Å²) in [5, 5.41) is 7.12. The van der Waals surface area contributed by atoms with Gasteiger partial charge in [0.25, 0.3) is 5.91 Å². The van der Waals surface area contributed by atoms with Crippen molar-refractivity contribution in [1.29, 1.82) is 0 Å². The number of nitrogens with zero attached hydrogens (tertiary/aromatic N) is 3. The van der Waals surface area contributed by atoms with Gasteiger partial charge in [-0.1, -0.05) is 0 Å². The van der Waals surface area contributed by atoms with E-state index in [0.29, 0.717) is 22.3 Å². The summed E-state index contributed by atoms with van der Waals surface area (Å²) in [6.45, 7) is 1.80. The lowest BCUT2D eigenvalue weighted by atomic mass is 10.2. The predicted molar refractivity (Wildman–Crippen MR) is 89.2 cm³/mol. The maximum Gasteiger partial charge on any atom is 0.258 e. The van der Waals surface area contributed by atoms with Crippen LogP contribution in [0.5, 0.6) is 0 Å². The Morgan fingerprint density at radius 2 is 2.17 bits per heavy atom. The first-order chi connectivity index (χ1) is 10.8. The quantitative estimate of drug-likeness (QED) is 0.852. The van der Waals surface area contributed by atoms with Crippen molar-refractivity contribution in [3.8, 4) is 0 Å². The number of anilines is 1. The minimum atomic E-state index is -3.03. The second kappa shape index (κ2) is 6.04. The van der Waals surface area contributed by atoms with Gasteiger partial charge in [-0.25, -0.2) is 13.1 Å². The molecule has 0 saturated carbocycles. The molecule has 0 aromatic carbocycles. The first kappa shape index (κ1) is 16.1. The van der Waals surface area contributed by atoms with Crippen molar-refractivity contribution in [2.24, 2.45) is 0 Å². The van der Waals surface area contributed by atoms with Crippen LogP contribution in [0.15, 0.2) is 29.0 Å². The van der Waals surface area contributed by atoms with Crippen LogP contribution in [0.2, 0.25) is 0 Å². The Hall–Kier alpha value is -1.74. The Balaban J connectivity index is 1.85. The highest BCUT2D eigenvalue weighted by Crippen LogP contribution is 2.27. The molecule has 2 aromatic rings. The number of sulfone groups is 1. The van der Waals surface area contributed by atoms with Crippen LogP contribution in [0.3, 0.4) is 0 Å². The molecule has 0 spiro atoms. The molecular formula is C14H15BrN4O3S. The number of carbonyl (C=O) groups excluding carboxylic acids is 1. The van der Waals surface area contributed by atoms with E-state index in [2.05, 4.69) is 31.3 Å². The third-order valence-corrected chi connectivity index (χ3v) is 5.80. The Morgan fingerprint density at radius 3 is 2.83 bits per heavy atom. The first-order valence-electron chi connectivity index (χ1n) is 7.02. The van der Waals surface area contributed by atoms with Gasteiger partial charge in [0.2, 0.25) is 0 Å². The lowest BCUT2D eigenvalue weighted by Crippen LogP contribution is -2.19. The second-order valence-corrected chi connectivity index (χ2v) is 8.66. The van der Waals surface area contributed by atoms with Crippen LogP contribution in [0.1, 0.15) is 28.5 Å². The van der Waals surface area contributed by atoms with Crippen molar-refractivity contribution in [2.75, 3.05) is 16.8 Å². The summed E-state index contributed by atoms with van der Waals surface area (Å²) < 4.78 is 25.6. The smallest absolute Gasteiger partial charge is 0.258 e. The summed E-state index contributed by atoms with van der Waals surface area (Å²) in [4.78, 5) is 16.3. The summed E-state index contributed by atoms with van der Waals surface area (Å²) in [6, 6.07) is 3.15. The van der Waals surface area contributed by atoms with E-state index >= 15 is 0 Å². The number of rotatable bonds is 3. The SMILES string of the molecule is Cc1cc(NC(=O)c2cncc(Br)c2)n(C2CCS(=O)(=O)C2)n1. The van der Waals surface area contributed by atoms with Gasteiger partial charge >= 0.3 is 0 Å². The monoisotopic (exact) mass is 398 g/mol. The molecule has 0 bridgehead atoms. The maximum atomic E-state index is 12.3. The van der Waals surface area contributed by atoms with Crippen LogP contribution in [0.25, 0.3) is 0 Å². The first-order valence-corrected chi connectivity index (χ1v) is 9.64. The molecule has 1 aliphatic heterocycles. The number of pyridine rings is 1. The zero-order valence-electron chi connectivity index (χ0n) is 12.4. The number of nitrogens with one attached hydrogen (secondary N) is 1. The van der Waals surface area contributed by atoms with E-state index in [0.717, 1.165) is 5.69 Å². The van der Waals surface area contributed by atoms with Crippen LogP contribution >= 0.6 is 15.9 Å². The van der Waals surface area contributed by atoms with E-state index in [4.69, 9.17) is 0 Å². The van der Waals surface area contributed by atoms with Crippen LogP contribution in [-0.4, -0.2) is 40.6 Å². The van der Waals surface area contributed by atoms with Crippen LogP contribution in [-0.2, 0) is 9.84 Å². The highest BCUT2D eigenvalue weighted by Gasteiger charge is 2.31. The molecule has 0 aliphatic carbocycles. The Kier molecular flexibility index (Phi) is 4.24. The van der Waals surface area contributed by atoms with Crippen molar-refractivity contribution in [3.05, 3.63) is 40.3 Å². The molecule has 1 N–H and O–H groups in total. The zero-order valence-corrected chi connectivity index (χ0v) is 14.8. The Labute approximate surface area is 142 Å². The normalized spacial score (nSPS) is 19.7. The lowest BCUT2D eigenvalue weighted by molar-refractivity contribution is 0.102. The molecule has 2 aromatic heterocycles. The molecule has 3 heterocycles. The largest absolute Gasteiger partial charge is 0.307 e. The van der Waals surface area contributed by atoms with E-state index in [1.165, 1.54) is 6.20 Å². The number of hydrogen-bond donors (Lipinski definition) is 1. The summed E-state index contributed by atoms with van der Waals surface area (Å²) in [5.74, 6) is 0.380. The molecule has 9 heteroatoms. The summed E-state index contributed by atoms with van der Waals surface area (Å²) in [5.41, 5.74) is 1.13. The van der Waals surface area contributed by atoms with Gasteiger partial charge in [-0.2, -0.15) is 5.10 Å². The Bertz CT molecular complexity index is 863. The molecule has 0 radical (unpaired) electrons. The molecule has 1 unspecified atom stereocenters. The summed E-state index contributed by atoms with van der Waals surface area (Å²) in [7, 11) is -3.03. The zero-order chi connectivity index (χ0) is 16.6. The van der Waals surface area contributed by atoms with E-state index in [1.54, 1.807) is 29.9 Å². The highest BCUT2D eigenvalue weighted by molar-refractivity contribution is 9.10. The van der Waals surface area contributed by atoms with Gasteiger partial charge in [-0.3, -0.25) is 9.78 Å². The standard InChI is InChI=1S/C14H15BrN4O3S/c1-9-4-13(17-14(20)10-5-11(15)7-16-6-10)19(18-9)12-2-3-23(21,22)8-12/h4-7,12H,2-3,8H2,1H3,(H,17,20). The highest BCUT2D eigenvalue weighted by atomic mass is 79.9. The van der Waals surface area contributed by atoms with Gasteiger partial charge in [0, 0.05) is 22.9 Å². The van der Waals surface area contributed by atoms with E-state index < -0.39 is 9.84 Å². The fraction of sp³-hybridized carbons (Fsp3) is 0.357. The minimum absolute atomic E-state index is 0.0510. The topological polar surface area (TPSA) is 94.0 Å². The van der Waals surface area contributed by atoms with Gasteiger partial charge in [-0.15, -0.1) is 0 Å². The molecule has 1 saturated heterocycles. The van der Waals surface area contributed by atoms with Gasteiger partial charge in [0.1, 0.15) is 5.82 Å². The number of aryl methyl sites for hydroxylation is 1. The second-order valence-electron chi connectivity index (χ2n) is 5.52. The van der Waals surface area contributed by atoms with Crippen LogP contribution < -0.4 is 5.32 Å². The van der Waals surface area contributed by atoms with Crippen molar-refractivity contribution in [3.63, 3.8) is 0 Å². The van der Waals surface area contributed by atoms with Gasteiger partial charge in [-0.05, 0) is 35.3 Å². The number of amides is 1. The predicted octanol–water partition coefficient (Wildman–Crippen LogP) is 1.96. The van der Waals surface area contributed by atoms with Crippen LogP contribution in [0, 0.1) is 6.92 Å². The van der Waals surface area contributed by atoms with E-state index in [9.17, 15) is 13.2 Å². The fourth-order valence-electron chi connectivity index (χ4n) is 2.58. The molecular weight excluding hydrogens is 384 g/mol. The average molecular weight is 399 g/mol. The number of aromatic nitrogens is 3. The van der Waals surface area contributed by atoms with Gasteiger partial charge < -0.3 is 5.32 Å². The third-order valence-electron chi connectivity index (χ3n) is 3.62. The Morgan fingerprint density at radius 1 is 1.39 bits per heavy atom. The van der Waals surface area contributed by atoms with Crippen molar-refractivity contribution in [1.82, 2.24) is 14.8 Å². The molecule has 1 fully saturated rings. The van der Waals surface area contributed by atoms with Crippen molar-refractivity contribution >= 4 is 37.5 Å². The molecule has 1 aliphatic rings. The maximum absolute atomic E-state index is 12.3. The average Bonchev–Trinajstić information content (AvgIpc) is 3.01. The number of carbonyl (C=O) groups is 1. The van der Waals surface area contributed by atoms with Crippen molar-refractivity contribution in [2.45, 2.75) is 19.4 Å². The molecule has 7 nitrogen and oxygen atoms in total. The molecule has 3 rings (SSSR count). The third kappa shape index (κ3) is 3.61. The van der Waals surface area contributed by atoms with Gasteiger partial charge in [0.15, 0.2) is 9.84 Å². The molecule has 1 amide bonds. The van der Waals surface area contributed by atoms with E-state index in [1.807, 2.05) is 0 Å². The number of hydrogen-bond acceptors (Lipinski definition) is 5. The van der Waals surface area contributed by atoms with Crippen molar-refractivity contribution < 1.29 is 13.2 Å². The fourth-order valence-corrected chi connectivity index (χ4v) is 4.64. The van der Waals surface area contributed by atoms with Crippen LogP contribution in [0.4, 0.5) is 5.82 Å². The molecule has 1 atom stereocenters. The summed E-state index contributed by atoms with van der Waals surface area (Å²) >= 11 is 3.27. The molecule has 122 valence electrons. The van der Waals surface area contributed by atoms with E-state index in [-0.39, 0.29) is 23.5 Å². The van der Waals surface area contributed by atoms with Gasteiger partial charge in [0.05, 0.1) is 28.8 Å². The lowest BCUT2D eigenvalue weighted by Gasteiger charge is -2.13.